The highest BCUT2D eigenvalue weighted by Gasteiger charge is 2.28. The van der Waals surface area contributed by atoms with Crippen molar-refractivity contribution in [3.63, 3.8) is 0 Å². The Kier molecular flexibility index (Phi) is 3.92. The quantitative estimate of drug-likeness (QED) is 0.624. The fourth-order valence-electron chi connectivity index (χ4n) is 3.47. The van der Waals surface area contributed by atoms with Gasteiger partial charge in [0, 0.05) is 13.1 Å². The molecule has 0 spiro atoms. The Morgan fingerprint density at radius 2 is 1.92 bits per heavy atom. The van der Waals surface area contributed by atoms with Crippen LogP contribution in [0.3, 0.4) is 0 Å². The maximum absolute atomic E-state index is 12.8. The fraction of sp³-hybridized carbons (Fsp3) is 0.300. The SMILES string of the molecule is Cc1ccc2c(c1)N(CC(=O)N1CCc3ccccc3C1)CC(=O)O2. The van der Waals surface area contributed by atoms with E-state index in [9.17, 15) is 9.59 Å². The first-order chi connectivity index (χ1) is 12.1. The van der Waals surface area contributed by atoms with Crippen molar-refractivity contribution in [1.82, 2.24) is 4.90 Å². The van der Waals surface area contributed by atoms with Crippen LogP contribution in [0.15, 0.2) is 42.5 Å². The van der Waals surface area contributed by atoms with Gasteiger partial charge in [0.25, 0.3) is 0 Å². The molecule has 0 unspecified atom stereocenters. The van der Waals surface area contributed by atoms with Gasteiger partial charge in [0.2, 0.25) is 5.91 Å². The van der Waals surface area contributed by atoms with Gasteiger partial charge in [-0.05, 0) is 42.2 Å². The van der Waals surface area contributed by atoms with Crippen LogP contribution in [-0.4, -0.2) is 36.4 Å². The number of amides is 1. The molecule has 0 saturated carbocycles. The maximum Gasteiger partial charge on any atom is 0.331 e. The third-order valence-electron chi connectivity index (χ3n) is 4.81. The Morgan fingerprint density at radius 3 is 2.76 bits per heavy atom. The molecular weight excluding hydrogens is 316 g/mol. The fourth-order valence-corrected chi connectivity index (χ4v) is 3.47. The van der Waals surface area contributed by atoms with Gasteiger partial charge in [-0.15, -0.1) is 0 Å². The van der Waals surface area contributed by atoms with Crippen LogP contribution in [0.4, 0.5) is 5.69 Å². The standard InChI is InChI=1S/C20H20N2O3/c1-14-6-7-18-17(10-14)22(13-20(24)25-18)12-19(23)21-9-8-15-4-2-3-5-16(15)11-21/h2-7,10H,8-9,11-13H2,1H3. The van der Waals surface area contributed by atoms with E-state index in [4.69, 9.17) is 4.74 Å². The lowest BCUT2D eigenvalue weighted by Crippen LogP contribution is -2.46. The van der Waals surface area contributed by atoms with Gasteiger partial charge in [-0.2, -0.15) is 0 Å². The second-order valence-electron chi connectivity index (χ2n) is 6.64. The van der Waals surface area contributed by atoms with E-state index in [-0.39, 0.29) is 25.0 Å². The number of carbonyl (C=O) groups excluding carboxylic acids is 2. The number of hydrogen-bond donors (Lipinski definition) is 0. The van der Waals surface area contributed by atoms with E-state index in [1.807, 2.05) is 41.0 Å². The van der Waals surface area contributed by atoms with E-state index in [0.717, 1.165) is 24.2 Å². The van der Waals surface area contributed by atoms with Crippen LogP contribution in [0, 0.1) is 6.92 Å². The molecular formula is C20H20N2O3. The van der Waals surface area contributed by atoms with Crippen molar-refractivity contribution >= 4 is 17.6 Å². The van der Waals surface area contributed by atoms with Crippen molar-refractivity contribution in [2.24, 2.45) is 0 Å². The van der Waals surface area contributed by atoms with E-state index in [1.54, 1.807) is 6.07 Å². The third kappa shape index (κ3) is 3.09. The molecule has 0 atom stereocenters. The molecule has 2 aromatic carbocycles. The summed E-state index contributed by atoms with van der Waals surface area (Å²) in [4.78, 5) is 28.4. The van der Waals surface area contributed by atoms with Crippen LogP contribution < -0.4 is 9.64 Å². The molecule has 2 aliphatic heterocycles. The molecule has 0 saturated heterocycles. The summed E-state index contributed by atoms with van der Waals surface area (Å²) in [7, 11) is 0. The van der Waals surface area contributed by atoms with E-state index in [2.05, 4.69) is 12.1 Å². The molecule has 1 amide bonds. The first kappa shape index (κ1) is 15.7. The van der Waals surface area contributed by atoms with Crippen LogP contribution in [-0.2, 0) is 22.6 Å². The number of aryl methyl sites for hydroxylation is 1. The van der Waals surface area contributed by atoms with Gasteiger partial charge in [0.05, 0.1) is 12.2 Å². The van der Waals surface area contributed by atoms with Crippen molar-refractivity contribution in [1.29, 1.82) is 0 Å². The normalized spacial score (nSPS) is 16.1. The number of ether oxygens (including phenoxy) is 1. The topological polar surface area (TPSA) is 49.9 Å². The number of carbonyl (C=O) groups is 2. The molecule has 0 radical (unpaired) electrons. The largest absolute Gasteiger partial charge is 0.423 e. The van der Waals surface area contributed by atoms with Gasteiger partial charge in [-0.3, -0.25) is 4.79 Å². The Bertz CT molecular complexity index is 847. The molecule has 128 valence electrons. The highest BCUT2D eigenvalue weighted by atomic mass is 16.5. The minimum atomic E-state index is -0.326. The molecule has 0 aliphatic carbocycles. The molecule has 2 aliphatic rings. The van der Waals surface area contributed by atoms with Crippen molar-refractivity contribution in [3.8, 4) is 5.75 Å². The summed E-state index contributed by atoms with van der Waals surface area (Å²) in [5, 5.41) is 0. The zero-order valence-corrected chi connectivity index (χ0v) is 14.2. The van der Waals surface area contributed by atoms with Crippen LogP contribution in [0.1, 0.15) is 16.7 Å². The maximum atomic E-state index is 12.8. The Hall–Kier alpha value is -2.82. The molecule has 2 heterocycles. The molecule has 5 nitrogen and oxygen atoms in total. The van der Waals surface area contributed by atoms with Gasteiger partial charge >= 0.3 is 5.97 Å². The van der Waals surface area contributed by atoms with Crippen LogP contribution >= 0.6 is 0 Å². The molecule has 5 heteroatoms. The van der Waals surface area contributed by atoms with Gasteiger partial charge in [-0.25, -0.2) is 4.79 Å². The summed E-state index contributed by atoms with van der Waals surface area (Å²) >= 11 is 0. The lowest BCUT2D eigenvalue weighted by atomic mass is 10.00. The van der Waals surface area contributed by atoms with Crippen molar-refractivity contribution in [2.75, 3.05) is 24.5 Å². The second kappa shape index (κ2) is 6.24. The summed E-state index contributed by atoms with van der Waals surface area (Å²) in [5.41, 5.74) is 4.40. The Balaban J connectivity index is 1.52. The number of benzene rings is 2. The minimum absolute atomic E-state index is 0.0386. The monoisotopic (exact) mass is 336 g/mol. The van der Waals surface area contributed by atoms with Crippen LogP contribution in [0.25, 0.3) is 0 Å². The lowest BCUT2D eigenvalue weighted by molar-refractivity contribution is -0.133. The van der Waals surface area contributed by atoms with Crippen molar-refractivity contribution < 1.29 is 14.3 Å². The average Bonchev–Trinajstić information content (AvgIpc) is 2.61. The molecule has 4 rings (SSSR count). The Labute approximate surface area is 146 Å². The van der Waals surface area contributed by atoms with E-state index < -0.39 is 0 Å². The predicted molar refractivity (Wildman–Crippen MR) is 94.6 cm³/mol. The number of anilines is 1. The summed E-state index contributed by atoms with van der Waals surface area (Å²) < 4.78 is 5.29. The zero-order valence-electron chi connectivity index (χ0n) is 14.2. The van der Waals surface area contributed by atoms with E-state index in [1.165, 1.54) is 11.1 Å². The van der Waals surface area contributed by atoms with Gasteiger partial charge in [0.15, 0.2) is 5.75 Å². The van der Waals surface area contributed by atoms with Crippen molar-refractivity contribution in [2.45, 2.75) is 19.9 Å². The molecule has 0 aromatic heterocycles. The lowest BCUT2D eigenvalue weighted by Gasteiger charge is -2.33. The number of rotatable bonds is 2. The third-order valence-corrected chi connectivity index (χ3v) is 4.81. The van der Waals surface area contributed by atoms with E-state index in [0.29, 0.717) is 12.3 Å². The highest BCUT2D eigenvalue weighted by molar-refractivity contribution is 5.89. The van der Waals surface area contributed by atoms with Gasteiger partial charge in [-0.1, -0.05) is 30.3 Å². The highest BCUT2D eigenvalue weighted by Crippen LogP contribution is 2.32. The summed E-state index contributed by atoms with van der Waals surface area (Å²) in [5.74, 6) is 0.239. The molecule has 0 fully saturated rings. The Morgan fingerprint density at radius 1 is 1.12 bits per heavy atom. The first-order valence-corrected chi connectivity index (χ1v) is 8.51. The molecule has 2 aromatic rings. The molecule has 0 bridgehead atoms. The smallest absolute Gasteiger partial charge is 0.331 e. The average molecular weight is 336 g/mol. The van der Waals surface area contributed by atoms with E-state index >= 15 is 0 Å². The number of hydrogen-bond acceptors (Lipinski definition) is 4. The predicted octanol–water partition coefficient (Wildman–Crippen LogP) is 2.31. The number of fused-ring (bicyclic) bond motifs is 2. The summed E-state index contributed by atoms with van der Waals surface area (Å²) in [6.07, 6.45) is 0.875. The molecule has 0 N–H and O–H groups in total. The van der Waals surface area contributed by atoms with Gasteiger partial charge in [0.1, 0.15) is 6.54 Å². The summed E-state index contributed by atoms with van der Waals surface area (Å²) in [6.45, 7) is 3.63. The minimum Gasteiger partial charge on any atom is -0.423 e. The number of esters is 1. The first-order valence-electron chi connectivity index (χ1n) is 8.51. The number of nitrogens with zero attached hydrogens (tertiary/aromatic N) is 2. The zero-order chi connectivity index (χ0) is 17.4. The van der Waals surface area contributed by atoms with Crippen LogP contribution in [0.2, 0.25) is 0 Å². The summed E-state index contributed by atoms with van der Waals surface area (Å²) in [6, 6.07) is 13.9. The molecule has 25 heavy (non-hydrogen) atoms. The van der Waals surface area contributed by atoms with Crippen molar-refractivity contribution in [3.05, 3.63) is 59.2 Å². The second-order valence-corrected chi connectivity index (χ2v) is 6.64. The van der Waals surface area contributed by atoms with Crippen LogP contribution in [0.5, 0.6) is 5.75 Å². The van der Waals surface area contributed by atoms with Gasteiger partial charge < -0.3 is 14.5 Å².